The van der Waals surface area contributed by atoms with E-state index in [1.54, 1.807) is 0 Å². The highest BCUT2D eigenvalue weighted by Gasteiger charge is 2.41. The Kier molecular flexibility index (Phi) is 4.70. The van der Waals surface area contributed by atoms with Crippen LogP contribution in [-0.4, -0.2) is 57.6 Å². The molecule has 1 aromatic rings. The van der Waals surface area contributed by atoms with Gasteiger partial charge < -0.3 is 29.9 Å². The summed E-state index contributed by atoms with van der Waals surface area (Å²) in [7, 11) is 0. The van der Waals surface area contributed by atoms with E-state index >= 15 is 0 Å². The fourth-order valence-corrected chi connectivity index (χ4v) is 1.99. The van der Waals surface area contributed by atoms with Crippen LogP contribution in [0.15, 0.2) is 24.3 Å². The summed E-state index contributed by atoms with van der Waals surface area (Å²) < 4.78 is 10.0. The second-order valence-corrected chi connectivity index (χ2v) is 4.54. The molecule has 1 heterocycles. The highest BCUT2D eigenvalue weighted by atomic mass is 16.7. The van der Waals surface area contributed by atoms with Crippen LogP contribution >= 0.6 is 0 Å². The van der Waals surface area contributed by atoms with Crippen LogP contribution in [0.2, 0.25) is 0 Å². The van der Waals surface area contributed by atoms with Gasteiger partial charge in [-0.1, -0.05) is 0 Å². The Balaban J connectivity index is 2.09. The molecule has 21 heavy (non-hydrogen) atoms. The molecule has 0 unspecified atom stereocenters. The van der Waals surface area contributed by atoms with Crippen LogP contribution in [0.3, 0.4) is 0 Å². The molecule has 9 nitrogen and oxygen atoms in total. The lowest BCUT2D eigenvalue weighted by Crippen LogP contribution is -2.64. The molecular weight excluding hydrogens is 286 g/mol. The molecule has 3 N–H and O–H groups in total. The lowest BCUT2D eigenvalue weighted by molar-refractivity contribution is -0.530. The minimum absolute atomic E-state index is 0.115. The molecule has 2 rings (SSSR count). The van der Waals surface area contributed by atoms with Gasteiger partial charge in [0, 0.05) is 18.4 Å². The molecule has 9 heteroatoms. The van der Waals surface area contributed by atoms with Gasteiger partial charge in [-0.2, -0.15) is 0 Å². The van der Waals surface area contributed by atoms with Crippen LogP contribution < -0.4 is 9.84 Å². The fourth-order valence-electron chi connectivity index (χ4n) is 1.99. The van der Waals surface area contributed by atoms with Crippen molar-refractivity contribution < 1.29 is 34.8 Å². The molecule has 1 fully saturated rings. The van der Waals surface area contributed by atoms with Crippen molar-refractivity contribution in [3.05, 3.63) is 34.4 Å². The van der Waals surface area contributed by atoms with Gasteiger partial charge in [0.15, 0.2) is 0 Å². The third-order valence-corrected chi connectivity index (χ3v) is 3.14. The Hall–Kier alpha value is -1.78. The summed E-state index contributed by atoms with van der Waals surface area (Å²) in [6.45, 7) is -0.610. The van der Waals surface area contributed by atoms with E-state index in [1.807, 2.05) is 0 Å². The van der Waals surface area contributed by atoms with E-state index in [0.717, 1.165) is 0 Å². The summed E-state index contributed by atoms with van der Waals surface area (Å²) >= 11 is 0. The summed E-state index contributed by atoms with van der Waals surface area (Å²) in [4.78, 5) is 9.93. The van der Waals surface area contributed by atoms with Crippen LogP contribution in [-0.2, 0) is 4.74 Å². The molecule has 0 spiro atoms. The smallest absolute Gasteiger partial charge is 0.269 e. The van der Waals surface area contributed by atoms with Crippen molar-refractivity contribution >= 4 is 5.69 Å². The van der Waals surface area contributed by atoms with E-state index in [1.165, 1.54) is 24.3 Å². The van der Waals surface area contributed by atoms with Crippen molar-refractivity contribution in [2.75, 3.05) is 6.61 Å². The monoisotopic (exact) mass is 300 g/mol. The van der Waals surface area contributed by atoms with E-state index in [4.69, 9.17) is 14.6 Å². The summed E-state index contributed by atoms with van der Waals surface area (Å²) in [6.07, 6.45) is -7.41. The molecule has 0 amide bonds. The van der Waals surface area contributed by atoms with Crippen LogP contribution in [0, 0.1) is 10.1 Å². The third kappa shape index (κ3) is 3.28. The highest BCUT2D eigenvalue weighted by Crippen LogP contribution is 2.24. The lowest BCUT2D eigenvalue weighted by Gasteiger charge is -2.45. The van der Waals surface area contributed by atoms with E-state index in [9.17, 15) is 25.4 Å². The number of nitro groups is 1. The number of aliphatic hydroxyl groups excluding tert-OH is 3. The van der Waals surface area contributed by atoms with E-state index in [0.29, 0.717) is 0 Å². The molecule has 116 valence electrons. The van der Waals surface area contributed by atoms with Crippen molar-refractivity contribution in [1.29, 1.82) is 0 Å². The zero-order valence-electron chi connectivity index (χ0n) is 10.7. The number of ether oxygens (including phenoxy) is 2. The van der Waals surface area contributed by atoms with Crippen LogP contribution in [0.25, 0.3) is 0 Å². The van der Waals surface area contributed by atoms with Gasteiger partial charge in [-0.15, -0.1) is 0 Å². The maximum Gasteiger partial charge on any atom is 0.269 e. The first-order valence-electron chi connectivity index (χ1n) is 6.13. The minimum atomic E-state index is -1.81. The van der Waals surface area contributed by atoms with Gasteiger partial charge in [-0.05, 0) is 12.1 Å². The first-order chi connectivity index (χ1) is 9.93. The predicted octanol–water partition coefficient (Wildman–Crippen LogP) is -1.86. The largest absolute Gasteiger partial charge is 0.828 e. The topological polar surface area (TPSA) is 145 Å². The molecule has 1 aliphatic rings. The van der Waals surface area contributed by atoms with Crippen molar-refractivity contribution in [1.82, 2.24) is 0 Å². The van der Waals surface area contributed by atoms with Crippen molar-refractivity contribution in [2.45, 2.75) is 30.7 Å². The Morgan fingerprint density at radius 3 is 2.38 bits per heavy atom. The predicted molar refractivity (Wildman–Crippen MR) is 65.3 cm³/mol. The third-order valence-electron chi connectivity index (χ3n) is 3.14. The fraction of sp³-hybridized carbons (Fsp3) is 0.500. The molecule has 0 saturated carbocycles. The SMILES string of the molecule is O=[N+]([O-])c1ccc(O[C@H]2[C@@H](O)[C@H](O)[C@@H](CO)O[C@H]2[O-])cc1. The van der Waals surface area contributed by atoms with Gasteiger partial charge in [0.05, 0.1) is 11.5 Å². The molecule has 1 aromatic carbocycles. The molecule has 0 aliphatic carbocycles. The van der Waals surface area contributed by atoms with Crippen LogP contribution in [0.5, 0.6) is 5.75 Å². The molecule has 1 aliphatic heterocycles. The Labute approximate surface area is 119 Å². The second kappa shape index (κ2) is 6.33. The van der Waals surface area contributed by atoms with Gasteiger partial charge in [-0.3, -0.25) is 10.1 Å². The molecule has 0 bridgehead atoms. The normalized spacial score (nSPS) is 32.7. The van der Waals surface area contributed by atoms with Crippen molar-refractivity contribution in [2.24, 2.45) is 0 Å². The van der Waals surface area contributed by atoms with E-state index in [-0.39, 0.29) is 11.4 Å². The zero-order valence-corrected chi connectivity index (χ0v) is 10.7. The second-order valence-electron chi connectivity index (χ2n) is 4.54. The van der Waals surface area contributed by atoms with Crippen molar-refractivity contribution in [3.63, 3.8) is 0 Å². The summed E-state index contributed by atoms with van der Waals surface area (Å²) in [5.74, 6) is 0.115. The van der Waals surface area contributed by atoms with Gasteiger partial charge in [0.2, 0.25) is 0 Å². The number of hydrogen-bond donors (Lipinski definition) is 3. The number of rotatable bonds is 4. The maximum atomic E-state index is 11.7. The first kappa shape index (κ1) is 15.6. The molecular formula is C12H14NO8-. The van der Waals surface area contributed by atoms with Crippen LogP contribution in [0.1, 0.15) is 0 Å². The van der Waals surface area contributed by atoms with Gasteiger partial charge in [-0.25, -0.2) is 0 Å². The number of nitrogens with zero attached hydrogens (tertiary/aromatic N) is 1. The number of nitro benzene ring substituents is 1. The van der Waals surface area contributed by atoms with Gasteiger partial charge in [0.25, 0.3) is 5.69 Å². The summed E-state index contributed by atoms with van der Waals surface area (Å²) in [6, 6.07) is 4.89. The maximum absolute atomic E-state index is 11.7. The van der Waals surface area contributed by atoms with Gasteiger partial charge in [0.1, 0.15) is 30.2 Å². The summed E-state index contributed by atoms with van der Waals surface area (Å²) in [5.41, 5.74) is -0.151. The molecule has 0 radical (unpaired) electrons. The Bertz CT molecular complexity index is 493. The zero-order chi connectivity index (χ0) is 15.6. The molecule has 0 aromatic heterocycles. The van der Waals surface area contributed by atoms with Crippen molar-refractivity contribution in [3.8, 4) is 5.75 Å². The first-order valence-corrected chi connectivity index (χ1v) is 6.13. The van der Waals surface area contributed by atoms with E-state index < -0.39 is 42.2 Å². The quantitative estimate of drug-likeness (QED) is 0.433. The average Bonchev–Trinajstić information content (AvgIpc) is 2.47. The Morgan fingerprint density at radius 1 is 1.24 bits per heavy atom. The van der Waals surface area contributed by atoms with E-state index in [2.05, 4.69) is 0 Å². The standard InChI is InChI=1S/C12H14NO8/c14-5-8-9(15)10(16)11(12(17)21-8)20-7-3-1-6(2-4-7)13(18)19/h1-4,8-12,14-16H,5H2/q-1/t8-,9-,10+,11+,12-/m1/s1. The minimum Gasteiger partial charge on any atom is -0.828 e. The molecule has 1 saturated heterocycles. The highest BCUT2D eigenvalue weighted by molar-refractivity contribution is 5.36. The number of non-ortho nitro benzene ring substituents is 1. The average molecular weight is 300 g/mol. The number of aliphatic hydroxyl groups is 3. The number of hydrogen-bond acceptors (Lipinski definition) is 8. The summed E-state index contributed by atoms with van der Waals surface area (Å²) in [5, 5.41) is 50.7. The van der Waals surface area contributed by atoms with Crippen LogP contribution in [0.4, 0.5) is 5.69 Å². The Morgan fingerprint density at radius 2 is 1.86 bits per heavy atom. The molecule has 5 atom stereocenters. The lowest BCUT2D eigenvalue weighted by atomic mass is 9.99. The number of benzene rings is 1. The van der Waals surface area contributed by atoms with Gasteiger partial charge >= 0.3 is 0 Å².